The van der Waals surface area contributed by atoms with Crippen molar-refractivity contribution >= 4 is 22.8 Å². The van der Waals surface area contributed by atoms with E-state index in [4.69, 9.17) is 11.6 Å². The zero-order chi connectivity index (χ0) is 8.43. The fraction of sp³-hybridized carbons (Fsp3) is 0.714. The van der Waals surface area contributed by atoms with E-state index in [9.17, 15) is 9.59 Å². The van der Waals surface area contributed by atoms with Crippen molar-refractivity contribution in [2.24, 2.45) is 5.92 Å². The van der Waals surface area contributed by atoms with E-state index in [1.54, 1.807) is 11.9 Å². The van der Waals surface area contributed by atoms with E-state index >= 15 is 0 Å². The Bertz CT molecular complexity index is 193. The first-order valence-corrected chi connectivity index (χ1v) is 3.92. The minimum Gasteiger partial charge on any atom is -0.345 e. The molecular weight excluding hydrogens is 166 g/mol. The van der Waals surface area contributed by atoms with Gasteiger partial charge in [0, 0.05) is 20.0 Å². The summed E-state index contributed by atoms with van der Waals surface area (Å²) >= 11 is 5.29. The lowest BCUT2D eigenvalue weighted by Gasteiger charge is -2.26. The Kier molecular flexibility index (Phi) is 2.49. The molecule has 1 aliphatic rings. The number of rotatable bonds is 1. The van der Waals surface area contributed by atoms with E-state index in [0.717, 1.165) is 0 Å². The molecule has 1 saturated heterocycles. The maximum absolute atomic E-state index is 10.9. The second-order valence-electron chi connectivity index (χ2n) is 2.81. The monoisotopic (exact) mass is 175 g/mol. The van der Waals surface area contributed by atoms with Crippen molar-refractivity contribution in [1.82, 2.24) is 4.90 Å². The fourth-order valence-corrected chi connectivity index (χ4v) is 1.38. The molecule has 0 aromatic carbocycles. The third-order valence-electron chi connectivity index (χ3n) is 1.95. The molecule has 1 amide bonds. The van der Waals surface area contributed by atoms with E-state index in [1.165, 1.54) is 0 Å². The minimum atomic E-state index is -0.329. The molecule has 1 atom stereocenters. The number of likely N-dealkylation sites (tertiary alicyclic amines) is 1. The molecule has 11 heavy (non-hydrogen) atoms. The van der Waals surface area contributed by atoms with Gasteiger partial charge in [0.2, 0.25) is 11.1 Å². The Labute approximate surface area is 70.3 Å². The Hall–Kier alpha value is -0.570. The Morgan fingerprint density at radius 1 is 1.73 bits per heavy atom. The molecule has 1 fully saturated rings. The van der Waals surface area contributed by atoms with Crippen LogP contribution in [0.5, 0.6) is 0 Å². The van der Waals surface area contributed by atoms with Crippen molar-refractivity contribution in [1.29, 1.82) is 0 Å². The average Bonchev–Trinajstić information content (AvgIpc) is 1.94. The van der Waals surface area contributed by atoms with Crippen molar-refractivity contribution in [3.05, 3.63) is 0 Å². The Morgan fingerprint density at radius 3 is 2.82 bits per heavy atom. The van der Waals surface area contributed by atoms with Gasteiger partial charge in [-0.3, -0.25) is 9.59 Å². The maximum atomic E-state index is 10.9. The smallest absolute Gasteiger partial charge is 0.226 e. The molecule has 1 aliphatic heterocycles. The number of amides is 1. The average molecular weight is 176 g/mol. The first kappa shape index (κ1) is 8.53. The summed E-state index contributed by atoms with van der Waals surface area (Å²) in [5, 5.41) is -0.329. The highest BCUT2D eigenvalue weighted by Crippen LogP contribution is 2.18. The molecular formula is C7H10ClNO2. The lowest BCUT2D eigenvalue weighted by molar-refractivity contribution is -0.134. The number of nitrogens with zero attached hydrogens (tertiary/aromatic N) is 1. The molecule has 0 spiro atoms. The van der Waals surface area contributed by atoms with Crippen molar-refractivity contribution in [3.8, 4) is 0 Å². The Morgan fingerprint density at radius 2 is 2.36 bits per heavy atom. The molecule has 0 saturated carbocycles. The van der Waals surface area contributed by atoms with Gasteiger partial charge in [-0.2, -0.15) is 0 Å². The Balaban J connectivity index is 2.52. The third kappa shape index (κ3) is 1.93. The first-order chi connectivity index (χ1) is 5.11. The standard InChI is InChI=1S/C7H10ClNO2/c1-9-4-5(7(8)11)2-3-6(9)10/h5H,2-4H2,1H3. The molecule has 3 nitrogen and oxygen atoms in total. The minimum absolute atomic E-state index is 0.0965. The van der Waals surface area contributed by atoms with Gasteiger partial charge in [0.15, 0.2) is 0 Å². The van der Waals surface area contributed by atoms with E-state index in [0.29, 0.717) is 19.4 Å². The number of hydrogen-bond donors (Lipinski definition) is 0. The number of carbonyl (C=O) groups is 2. The normalized spacial score (nSPS) is 25.5. The molecule has 0 radical (unpaired) electrons. The van der Waals surface area contributed by atoms with Gasteiger partial charge in [-0.1, -0.05) is 0 Å². The highest BCUT2D eigenvalue weighted by Gasteiger charge is 2.26. The van der Waals surface area contributed by atoms with Crippen LogP contribution < -0.4 is 0 Å². The van der Waals surface area contributed by atoms with Gasteiger partial charge < -0.3 is 4.90 Å². The second kappa shape index (κ2) is 3.22. The van der Waals surface area contributed by atoms with Crippen LogP contribution in [-0.4, -0.2) is 29.6 Å². The lowest BCUT2D eigenvalue weighted by atomic mass is 10.00. The van der Waals surface area contributed by atoms with Crippen molar-refractivity contribution in [2.45, 2.75) is 12.8 Å². The van der Waals surface area contributed by atoms with Crippen molar-refractivity contribution < 1.29 is 9.59 Å². The van der Waals surface area contributed by atoms with E-state index in [2.05, 4.69) is 0 Å². The van der Waals surface area contributed by atoms with Crippen LogP contribution in [0, 0.1) is 5.92 Å². The topological polar surface area (TPSA) is 37.4 Å². The molecule has 1 heterocycles. The molecule has 62 valence electrons. The quantitative estimate of drug-likeness (QED) is 0.548. The highest BCUT2D eigenvalue weighted by molar-refractivity contribution is 6.64. The zero-order valence-corrected chi connectivity index (χ0v) is 7.10. The summed E-state index contributed by atoms with van der Waals surface area (Å²) in [4.78, 5) is 23.2. The van der Waals surface area contributed by atoms with Crippen LogP contribution in [0.25, 0.3) is 0 Å². The van der Waals surface area contributed by atoms with Gasteiger partial charge in [0.05, 0.1) is 5.92 Å². The van der Waals surface area contributed by atoms with Crippen LogP contribution in [0.15, 0.2) is 0 Å². The number of hydrogen-bond acceptors (Lipinski definition) is 2. The van der Waals surface area contributed by atoms with Crippen LogP contribution in [0.2, 0.25) is 0 Å². The van der Waals surface area contributed by atoms with E-state index < -0.39 is 0 Å². The third-order valence-corrected chi connectivity index (χ3v) is 2.26. The maximum Gasteiger partial charge on any atom is 0.226 e. The SMILES string of the molecule is CN1CC(C(=O)Cl)CCC1=O. The first-order valence-electron chi connectivity index (χ1n) is 3.54. The predicted molar refractivity (Wildman–Crippen MR) is 41.2 cm³/mol. The summed E-state index contributed by atoms with van der Waals surface area (Å²) < 4.78 is 0. The van der Waals surface area contributed by atoms with Gasteiger partial charge >= 0.3 is 0 Å². The fourth-order valence-electron chi connectivity index (χ4n) is 1.20. The zero-order valence-electron chi connectivity index (χ0n) is 6.34. The van der Waals surface area contributed by atoms with Gasteiger partial charge in [-0.15, -0.1) is 0 Å². The lowest BCUT2D eigenvalue weighted by Crippen LogP contribution is -2.38. The summed E-state index contributed by atoms with van der Waals surface area (Å²) in [5.74, 6) is -0.0569. The van der Waals surface area contributed by atoms with Crippen LogP contribution >= 0.6 is 11.6 Å². The van der Waals surface area contributed by atoms with Gasteiger partial charge in [-0.25, -0.2) is 0 Å². The van der Waals surface area contributed by atoms with E-state index in [-0.39, 0.29) is 17.1 Å². The molecule has 0 aromatic rings. The molecule has 0 aliphatic carbocycles. The molecule has 1 rings (SSSR count). The summed E-state index contributed by atoms with van der Waals surface area (Å²) in [7, 11) is 1.69. The molecule has 0 N–H and O–H groups in total. The van der Waals surface area contributed by atoms with Crippen LogP contribution in [-0.2, 0) is 9.59 Å². The summed E-state index contributed by atoms with van der Waals surface area (Å²) in [5.41, 5.74) is 0. The second-order valence-corrected chi connectivity index (χ2v) is 3.19. The van der Waals surface area contributed by atoms with E-state index in [1.807, 2.05) is 0 Å². The van der Waals surface area contributed by atoms with Crippen LogP contribution in [0.4, 0.5) is 0 Å². The largest absolute Gasteiger partial charge is 0.345 e. The van der Waals surface area contributed by atoms with Gasteiger partial charge in [0.1, 0.15) is 0 Å². The van der Waals surface area contributed by atoms with Gasteiger partial charge in [0.25, 0.3) is 0 Å². The molecule has 0 bridgehead atoms. The number of carbonyl (C=O) groups excluding carboxylic acids is 2. The number of piperidine rings is 1. The van der Waals surface area contributed by atoms with Crippen LogP contribution in [0.1, 0.15) is 12.8 Å². The highest BCUT2D eigenvalue weighted by atomic mass is 35.5. The summed E-state index contributed by atoms with van der Waals surface area (Å²) in [6, 6.07) is 0. The van der Waals surface area contributed by atoms with Crippen LogP contribution in [0.3, 0.4) is 0 Å². The van der Waals surface area contributed by atoms with Crippen molar-refractivity contribution in [2.75, 3.05) is 13.6 Å². The summed E-state index contributed by atoms with van der Waals surface area (Å²) in [6.45, 7) is 0.473. The van der Waals surface area contributed by atoms with Crippen molar-refractivity contribution in [3.63, 3.8) is 0 Å². The van der Waals surface area contributed by atoms with Gasteiger partial charge in [-0.05, 0) is 18.0 Å². The predicted octanol–water partition coefficient (Wildman–Crippen LogP) is 0.620. The number of halogens is 1. The summed E-state index contributed by atoms with van der Waals surface area (Å²) in [6.07, 6.45) is 1.05. The molecule has 4 heteroatoms. The molecule has 0 aromatic heterocycles. The molecule has 1 unspecified atom stereocenters.